The second-order valence-electron chi connectivity index (χ2n) is 6.46. The number of nitrogens with zero attached hydrogens (tertiary/aromatic N) is 3. The van der Waals surface area contributed by atoms with Crippen molar-refractivity contribution in [2.75, 3.05) is 16.8 Å². The van der Waals surface area contributed by atoms with Gasteiger partial charge in [-0.15, -0.1) is 13.2 Å². The molecule has 1 aliphatic heterocycles. The van der Waals surface area contributed by atoms with Gasteiger partial charge in [-0.1, -0.05) is 6.07 Å². The quantitative estimate of drug-likeness (QED) is 0.810. The third-order valence-corrected chi connectivity index (χ3v) is 4.22. The number of halogens is 3. The number of alkyl halides is 3. The average Bonchev–Trinajstić information content (AvgIpc) is 2.97. The lowest BCUT2D eigenvalue weighted by Gasteiger charge is -2.19. The summed E-state index contributed by atoms with van der Waals surface area (Å²) in [4.78, 5) is 26.2. The Morgan fingerprint density at radius 3 is 2.72 bits per heavy atom. The van der Waals surface area contributed by atoms with Crippen LogP contribution in [0.5, 0.6) is 5.75 Å². The second-order valence-corrected chi connectivity index (χ2v) is 6.46. The highest BCUT2D eigenvalue weighted by atomic mass is 19.4. The molecule has 2 N–H and O–H groups in total. The summed E-state index contributed by atoms with van der Waals surface area (Å²) in [7, 11) is 0. The number of benzene rings is 1. The Hall–Kier alpha value is -3.37. The molecule has 2 aromatic rings. The lowest BCUT2D eigenvalue weighted by atomic mass is 10.2. The van der Waals surface area contributed by atoms with E-state index >= 15 is 0 Å². The molecule has 0 spiro atoms. The van der Waals surface area contributed by atoms with Crippen LogP contribution in [-0.4, -0.2) is 41.1 Å². The summed E-state index contributed by atoms with van der Waals surface area (Å²) in [6, 6.07) is 5.39. The first-order valence-corrected chi connectivity index (χ1v) is 8.68. The molecule has 0 bridgehead atoms. The molecule has 11 heteroatoms. The number of hydrogen-bond donors (Lipinski definition) is 2. The Morgan fingerprint density at radius 1 is 1.24 bits per heavy atom. The Morgan fingerprint density at radius 2 is 2.00 bits per heavy atom. The zero-order valence-corrected chi connectivity index (χ0v) is 15.6. The van der Waals surface area contributed by atoms with E-state index in [2.05, 4.69) is 25.6 Å². The highest BCUT2D eigenvalue weighted by molar-refractivity contribution is 6.02. The summed E-state index contributed by atoms with van der Waals surface area (Å²) in [6.45, 7) is 3.65. The van der Waals surface area contributed by atoms with Crippen LogP contribution in [0.15, 0.2) is 30.3 Å². The van der Waals surface area contributed by atoms with Crippen molar-refractivity contribution in [3.8, 4) is 5.75 Å². The Balaban J connectivity index is 1.65. The average molecular weight is 409 g/mol. The molecule has 0 aliphatic carbocycles. The number of carbonyl (C=O) groups is 2. The van der Waals surface area contributed by atoms with Crippen molar-refractivity contribution < 1.29 is 27.5 Å². The van der Waals surface area contributed by atoms with Crippen molar-refractivity contribution in [3.63, 3.8) is 0 Å². The maximum absolute atomic E-state index is 12.6. The number of anilines is 2. The van der Waals surface area contributed by atoms with Crippen molar-refractivity contribution >= 4 is 23.3 Å². The van der Waals surface area contributed by atoms with E-state index in [1.807, 2.05) is 0 Å². The largest absolute Gasteiger partial charge is 0.573 e. The van der Waals surface area contributed by atoms with Crippen LogP contribution in [0.1, 0.15) is 17.8 Å². The van der Waals surface area contributed by atoms with Crippen molar-refractivity contribution in [1.82, 2.24) is 15.5 Å². The Bertz CT molecular complexity index is 935. The van der Waals surface area contributed by atoms with Gasteiger partial charge in [-0.05, 0) is 38.5 Å². The maximum atomic E-state index is 12.6. The van der Waals surface area contributed by atoms with Gasteiger partial charge in [0.05, 0.1) is 17.1 Å². The molecular weight excluding hydrogens is 391 g/mol. The third kappa shape index (κ3) is 5.12. The van der Waals surface area contributed by atoms with Crippen LogP contribution in [0.3, 0.4) is 0 Å². The summed E-state index contributed by atoms with van der Waals surface area (Å²) in [6.07, 6.45) is -4.52. The summed E-state index contributed by atoms with van der Waals surface area (Å²) in [5, 5.41) is 13.0. The van der Waals surface area contributed by atoms with Crippen LogP contribution in [0.2, 0.25) is 0 Å². The highest BCUT2D eigenvalue weighted by Gasteiger charge is 2.35. The zero-order chi connectivity index (χ0) is 21.2. The minimum atomic E-state index is -4.83. The monoisotopic (exact) mass is 409 g/mol. The predicted molar refractivity (Wildman–Crippen MR) is 97.5 cm³/mol. The fourth-order valence-electron chi connectivity index (χ4n) is 2.91. The number of urea groups is 1. The van der Waals surface area contributed by atoms with Crippen molar-refractivity contribution in [3.05, 3.63) is 41.7 Å². The van der Waals surface area contributed by atoms with Crippen molar-refractivity contribution in [1.29, 1.82) is 0 Å². The van der Waals surface area contributed by atoms with Gasteiger partial charge in [0.1, 0.15) is 11.8 Å². The van der Waals surface area contributed by atoms with E-state index in [-0.39, 0.29) is 12.2 Å². The second kappa shape index (κ2) is 7.94. The number of carbonyl (C=O) groups excluding carboxylic acids is 2. The molecular formula is C18H18F3N5O3. The van der Waals surface area contributed by atoms with Crippen LogP contribution in [0.25, 0.3) is 0 Å². The molecule has 1 unspecified atom stereocenters. The number of nitrogens with one attached hydrogen (secondary N) is 2. The van der Waals surface area contributed by atoms with E-state index in [1.165, 1.54) is 17.0 Å². The van der Waals surface area contributed by atoms with E-state index in [0.29, 0.717) is 23.5 Å². The summed E-state index contributed by atoms with van der Waals surface area (Å²) < 4.78 is 41.1. The first-order valence-electron chi connectivity index (χ1n) is 8.68. The SMILES string of the molecule is Cc1cc(NC(=O)NC2CCN(c3cccc(OC(F)(F)F)c3)C2=O)c(C)nn1. The normalized spacial score (nSPS) is 16.7. The molecule has 29 heavy (non-hydrogen) atoms. The Kier molecular flexibility index (Phi) is 5.57. The minimum Gasteiger partial charge on any atom is -0.406 e. The molecule has 1 atom stereocenters. The molecule has 1 aromatic carbocycles. The third-order valence-electron chi connectivity index (χ3n) is 4.22. The molecule has 0 radical (unpaired) electrons. The van der Waals surface area contributed by atoms with Gasteiger partial charge in [0, 0.05) is 18.3 Å². The van der Waals surface area contributed by atoms with Crippen molar-refractivity contribution in [2.45, 2.75) is 32.7 Å². The fourth-order valence-corrected chi connectivity index (χ4v) is 2.91. The maximum Gasteiger partial charge on any atom is 0.573 e. The van der Waals surface area contributed by atoms with Gasteiger partial charge >= 0.3 is 12.4 Å². The Labute approximate surface area is 164 Å². The molecule has 1 saturated heterocycles. The lowest BCUT2D eigenvalue weighted by molar-refractivity contribution is -0.274. The van der Waals surface area contributed by atoms with Gasteiger partial charge in [0.15, 0.2) is 0 Å². The number of rotatable bonds is 4. The number of aryl methyl sites for hydroxylation is 2. The van der Waals surface area contributed by atoms with Gasteiger partial charge in [-0.3, -0.25) is 4.79 Å². The van der Waals surface area contributed by atoms with Crippen LogP contribution in [0, 0.1) is 13.8 Å². The first kappa shape index (κ1) is 20.4. The van der Waals surface area contributed by atoms with E-state index in [4.69, 9.17) is 0 Å². The summed E-state index contributed by atoms with van der Waals surface area (Å²) in [5.41, 5.74) is 1.86. The molecule has 8 nitrogen and oxygen atoms in total. The van der Waals surface area contributed by atoms with Gasteiger partial charge < -0.3 is 20.3 Å². The smallest absolute Gasteiger partial charge is 0.406 e. The number of ether oxygens (including phenoxy) is 1. The first-order chi connectivity index (χ1) is 13.6. The van der Waals surface area contributed by atoms with Crippen LogP contribution in [-0.2, 0) is 4.79 Å². The molecule has 1 aliphatic rings. The van der Waals surface area contributed by atoms with Crippen molar-refractivity contribution in [2.24, 2.45) is 0 Å². The topological polar surface area (TPSA) is 96.5 Å². The van der Waals surface area contributed by atoms with Crippen LogP contribution >= 0.6 is 0 Å². The summed E-state index contributed by atoms with van der Waals surface area (Å²) in [5.74, 6) is -0.849. The molecule has 2 heterocycles. The van der Waals surface area contributed by atoms with E-state index in [0.717, 1.165) is 12.1 Å². The van der Waals surface area contributed by atoms with Crippen LogP contribution < -0.4 is 20.3 Å². The minimum absolute atomic E-state index is 0.244. The molecule has 154 valence electrons. The van der Waals surface area contributed by atoms with Gasteiger partial charge in [0.25, 0.3) is 0 Å². The van der Waals surface area contributed by atoms with E-state index < -0.39 is 30.1 Å². The van der Waals surface area contributed by atoms with Crippen LogP contribution in [0.4, 0.5) is 29.3 Å². The number of hydrogen-bond acceptors (Lipinski definition) is 5. The number of aromatic nitrogens is 2. The highest BCUT2D eigenvalue weighted by Crippen LogP contribution is 2.29. The van der Waals surface area contributed by atoms with Gasteiger partial charge in [0.2, 0.25) is 5.91 Å². The zero-order valence-electron chi connectivity index (χ0n) is 15.6. The lowest BCUT2D eigenvalue weighted by Crippen LogP contribution is -2.43. The standard InChI is InChI=1S/C18H18F3N5O3/c1-10-8-15(11(2)25-24-10)23-17(28)22-14-6-7-26(16(14)27)12-4-3-5-13(9-12)29-18(19,20)21/h3-5,8-9,14H,6-7H2,1-2H3,(H2,22,23,24,28). The predicted octanol–water partition coefficient (Wildman–Crippen LogP) is 2.92. The number of amides is 3. The van der Waals surface area contributed by atoms with Gasteiger partial charge in [-0.2, -0.15) is 10.2 Å². The molecule has 3 rings (SSSR count). The van der Waals surface area contributed by atoms with E-state index in [9.17, 15) is 22.8 Å². The van der Waals surface area contributed by atoms with E-state index in [1.54, 1.807) is 19.9 Å². The fraction of sp³-hybridized carbons (Fsp3) is 0.333. The molecule has 0 saturated carbocycles. The molecule has 3 amide bonds. The molecule has 1 fully saturated rings. The summed E-state index contributed by atoms with van der Waals surface area (Å²) >= 11 is 0. The van der Waals surface area contributed by atoms with Gasteiger partial charge in [-0.25, -0.2) is 4.79 Å². The molecule has 1 aromatic heterocycles.